The van der Waals surface area contributed by atoms with Crippen LogP contribution in [-0.2, 0) is 0 Å². The Morgan fingerprint density at radius 1 is 0.545 bits per heavy atom. The van der Waals surface area contributed by atoms with E-state index in [1.807, 2.05) is 0 Å². The molecule has 2 heteroatoms. The summed E-state index contributed by atoms with van der Waals surface area (Å²) in [6.45, 7) is 19.7. The van der Waals surface area contributed by atoms with Crippen molar-refractivity contribution in [2.75, 3.05) is 0 Å². The van der Waals surface area contributed by atoms with Crippen molar-refractivity contribution in [2.45, 2.75) is 138 Å². The van der Waals surface area contributed by atoms with E-state index < -0.39 is 0 Å². The predicted molar refractivity (Wildman–Crippen MR) is 146 cm³/mol. The number of hydrogen-bond acceptors (Lipinski definition) is 1. The molecule has 3 aliphatic rings. The summed E-state index contributed by atoms with van der Waals surface area (Å²) in [6, 6.07) is 1.12. The van der Waals surface area contributed by atoms with E-state index in [-0.39, 0.29) is 0 Å². The van der Waals surface area contributed by atoms with Gasteiger partial charge in [-0.3, -0.25) is 4.99 Å². The molecule has 0 aromatic carbocycles. The van der Waals surface area contributed by atoms with Crippen LogP contribution in [0, 0.1) is 53.3 Å². The summed E-state index contributed by atoms with van der Waals surface area (Å²) in [7, 11) is 0. The normalized spacial score (nSPS) is 35.1. The van der Waals surface area contributed by atoms with Gasteiger partial charge in [-0.2, -0.15) is 0 Å². The number of amidine groups is 1. The highest BCUT2D eigenvalue weighted by Gasteiger charge is 2.40. The van der Waals surface area contributed by atoms with Crippen LogP contribution in [0.15, 0.2) is 4.99 Å². The SMILES string of the molecule is CC(C)C1CCC[C@@H](C(C)C)C1N=C(NC1C(C(C)C)CCC[C@H]1C(C)C)C1CCCCC1. The zero-order chi connectivity index (χ0) is 24.1. The molecule has 3 saturated carbocycles. The van der Waals surface area contributed by atoms with Crippen molar-refractivity contribution in [3.8, 4) is 0 Å². The average molecular weight is 459 g/mol. The first kappa shape index (κ1) is 27.1. The highest BCUT2D eigenvalue weighted by molar-refractivity contribution is 5.85. The van der Waals surface area contributed by atoms with Gasteiger partial charge in [0.15, 0.2) is 0 Å². The predicted octanol–water partition coefficient (Wildman–Crippen LogP) is 8.75. The van der Waals surface area contributed by atoms with E-state index in [1.54, 1.807) is 0 Å². The summed E-state index contributed by atoms with van der Waals surface area (Å²) in [5.41, 5.74) is 0. The van der Waals surface area contributed by atoms with Gasteiger partial charge in [0.05, 0.1) is 11.9 Å². The third kappa shape index (κ3) is 6.78. The monoisotopic (exact) mass is 458 g/mol. The van der Waals surface area contributed by atoms with E-state index in [9.17, 15) is 0 Å². The first-order valence-corrected chi connectivity index (χ1v) is 15.0. The molecule has 192 valence electrons. The minimum atomic E-state index is 0.516. The highest BCUT2D eigenvalue weighted by Crippen LogP contribution is 2.42. The molecule has 0 aromatic heterocycles. The number of nitrogens with zero attached hydrogens (tertiary/aromatic N) is 1. The number of aliphatic imine (C=N–C) groups is 1. The Kier molecular flexibility index (Phi) is 10.2. The Labute approximate surface area is 207 Å². The van der Waals surface area contributed by atoms with Gasteiger partial charge in [-0.15, -0.1) is 0 Å². The number of nitrogens with one attached hydrogen (secondary N) is 1. The summed E-state index contributed by atoms with van der Waals surface area (Å²) in [5, 5.41) is 4.30. The van der Waals surface area contributed by atoms with Gasteiger partial charge < -0.3 is 5.32 Å². The molecule has 6 atom stereocenters. The van der Waals surface area contributed by atoms with Gasteiger partial charge in [-0.1, -0.05) is 87.5 Å². The fourth-order valence-electron chi connectivity index (χ4n) is 7.84. The molecule has 1 N–H and O–H groups in total. The van der Waals surface area contributed by atoms with Crippen LogP contribution in [0.25, 0.3) is 0 Å². The molecule has 2 nitrogen and oxygen atoms in total. The molecule has 33 heavy (non-hydrogen) atoms. The maximum Gasteiger partial charge on any atom is 0.1000 e. The van der Waals surface area contributed by atoms with Crippen LogP contribution in [0.3, 0.4) is 0 Å². The van der Waals surface area contributed by atoms with Crippen molar-refractivity contribution in [3.63, 3.8) is 0 Å². The van der Waals surface area contributed by atoms with Crippen LogP contribution in [0.1, 0.15) is 126 Å². The van der Waals surface area contributed by atoms with Crippen molar-refractivity contribution in [2.24, 2.45) is 58.3 Å². The zero-order valence-corrected chi connectivity index (χ0v) is 23.6. The van der Waals surface area contributed by atoms with E-state index in [0.29, 0.717) is 18.0 Å². The lowest BCUT2D eigenvalue weighted by atomic mass is 9.68. The van der Waals surface area contributed by atoms with Crippen molar-refractivity contribution in [1.82, 2.24) is 5.32 Å². The summed E-state index contributed by atoms with van der Waals surface area (Å²) >= 11 is 0. The fraction of sp³-hybridized carbons (Fsp3) is 0.968. The molecule has 0 radical (unpaired) electrons. The standard InChI is InChI=1S/C31H58N2/c1-20(2)25-16-12-17-26(21(3)4)29(25)32-31(24-14-10-9-11-15-24)33-30-27(22(5)6)18-13-19-28(30)23(7)8/h20-30H,9-19H2,1-8H3,(H,32,33)/t25-,26?,27-,28?,29?,30?/m0/s1. The van der Waals surface area contributed by atoms with Crippen molar-refractivity contribution >= 4 is 5.84 Å². The van der Waals surface area contributed by atoms with Crippen molar-refractivity contribution in [3.05, 3.63) is 0 Å². The Bertz CT molecular complexity index is 566. The number of hydrogen-bond donors (Lipinski definition) is 1. The van der Waals surface area contributed by atoms with Crippen LogP contribution in [-0.4, -0.2) is 17.9 Å². The van der Waals surface area contributed by atoms with E-state index in [2.05, 4.69) is 60.7 Å². The van der Waals surface area contributed by atoms with Gasteiger partial charge in [0, 0.05) is 12.0 Å². The van der Waals surface area contributed by atoms with Crippen LogP contribution in [0.4, 0.5) is 0 Å². The second-order valence-electron chi connectivity index (χ2n) is 13.5. The lowest BCUT2D eigenvalue weighted by Crippen LogP contribution is -2.53. The van der Waals surface area contributed by atoms with Crippen LogP contribution in [0.2, 0.25) is 0 Å². The van der Waals surface area contributed by atoms with Crippen molar-refractivity contribution < 1.29 is 0 Å². The molecule has 3 fully saturated rings. The average Bonchev–Trinajstić information content (AvgIpc) is 2.78. The third-order valence-electron chi connectivity index (χ3n) is 9.97. The Hall–Kier alpha value is -0.530. The Morgan fingerprint density at radius 3 is 1.39 bits per heavy atom. The minimum absolute atomic E-state index is 0.516. The highest BCUT2D eigenvalue weighted by atomic mass is 15.1. The first-order valence-electron chi connectivity index (χ1n) is 15.0. The molecule has 0 spiro atoms. The van der Waals surface area contributed by atoms with E-state index in [4.69, 9.17) is 4.99 Å². The summed E-state index contributed by atoms with van der Waals surface area (Å²) in [5.74, 6) is 8.14. The van der Waals surface area contributed by atoms with Crippen LogP contribution in [0.5, 0.6) is 0 Å². The second-order valence-corrected chi connectivity index (χ2v) is 13.5. The smallest absolute Gasteiger partial charge is 0.1000 e. The topological polar surface area (TPSA) is 24.4 Å². The first-order chi connectivity index (χ1) is 15.7. The van der Waals surface area contributed by atoms with Gasteiger partial charge in [0.2, 0.25) is 0 Å². The second kappa shape index (κ2) is 12.4. The molecule has 3 rings (SSSR count). The van der Waals surface area contributed by atoms with E-state index >= 15 is 0 Å². The van der Waals surface area contributed by atoms with Crippen LogP contribution < -0.4 is 5.32 Å². The Morgan fingerprint density at radius 2 is 0.970 bits per heavy atom. The molecule has 0 aromatic rings. The lowest BCUT2D eigenvalue weighted by Gasteiger charge is -2.45. The molecular weight excluding hydrogens is 400 g/mol. The summed E-state index contributed by atoms with van der Waals surface area (Å²) in [4.78, 5) is 5.85. The van der Waals surface area contributed by atoms with Gasteiger partial charge >= 0.3 is 0 Å². The minimum Gasteiger partial charge on any atom is -0.370 e. The zero-order valence-electron chi connectivity index (χ0n) is 23.6. The van der Waals surface area contributed by atoms with Crippen LogP contribution >= 0.6 is 0 Å². The number of rotatable bonds is 7. The van der Waals surface area contributed by atoms with E-state index in [0.717, 1.165) is 47.3 Å². The molecule has 4 unspecified atom stereocenters. The summed E-state index contributed by atoms with van der Waals surface area (Å²) < 4.78 is 0. The molecule has 0 bridgehead atoms. The van der Waals surface area contributed by atoms with Crippen molar-refractivity contribution in [1.29, 1.82) is 0 Å². The fourth-order valence-corrected chi connectivity index (χ4v) is 7.84. The molecule has 0 amide bonds. The molecule has 0 heterocycles. The quantitative estimate of drug-likeness (QED) is 0.299. The van der Waals surface area contributed by atoms with Gasteiger partial charge in [-0.25, -0.2) is 0 Å². The lowest BCUT2D eigenvalue weighted by molar-refractivity contribution is 0.123. The molecular formula is C31H58N2. The largest absolute Gasteiger partial charge is 0.370 e. The van der Waals surface area contributed by atoms with E-state index in [1.165, 1.54) is 76.5 Å². The molecule has 0 saturated heterocycles. The molecule has 3 aliphatic carbocycles. The maximum atomic E-state index is 5.85. The van der Waals surface area contributed by atoms with Gasteiger partial charge in [-0.05, 0) is 85.9 Å². The van der Waals surface area contributed by atoms with Gasteiger partial charge in [0.25, 0.3) is 0 Å². The molecule has 0 aliphatic heterocycles. The maximum absolute atomic E-state index is 5.85. The third-order valence-corrected chi connectivity index (χ3v) is 9.97. The van der Waals surface area contributed by atoms with Gasteiger partial charge in [0.1, 0.15) is 0 Å². The Balaban J connectivity index is 1.98. The summed E-state index contributed by atoms with van der Waals surface area (Å²) in [6.07, 6.45) is 15.2.